The highest BCUT2D eigenvalue weighted by Crippen LogP contribution is 2.58. The number of rotatable bonds is 3. The molecule has 4 heteroatoms. The molecule has 1 aromatic carbocycles. The summed E-state index contributed by atoms with van der Waals surface area (Å²) in [5.41, 5.74) is 0.726. The molecule has 0 spiro atoms. The minimum absolute atomic E-state index is 0.0484. The first-order valence-electron chi connectivity index (χ1n) is 9.55. The second-order valence-electron chi connectivity index (χ2n) is 8.71. The zero-order valence-corrected chi connectivity index (χ0v) is 16.2. The van der Waals surface area contributed by atoms with E-state index in [1.54, 1.807) is 12.1 Å². The zero-order chi connectivity index (χ0) is 19.1. The monoisotopic (exact) mass is 358 g/mol. The molecular weight excluding hydrogens is 328 g/mol. The van der Waals surface area contributed by atoms with Crippen molar-refractivity contribution in [3.05, 3.63) is 41.5 Å². The van der Waals surface area contributed by atoms with Gasteiger partial charge in [0.25, 0.3) is 0 Å². The van der Waals surface area contributed by atoms with Gasteiger partial charge < -0.3 is 14.9 Å². The second kappa shape index (κ2) is 6.73. The first kappa shape index (κ1) is 19.0. The number of hydrogen-bond donors (Lipinski definition) is 2. The molecule has 0 aliphatic heterocycles. The topological polar surface area (TPSA) is 66.8 Å². The molecule has 4 unspecified atom stereocenters. The summed E-state index contributed by atoms with van der Waals surface area (Å²) >= 11 is 0. The summed E-state index contributed by atoms with van der Waals surface area (Å²) in [5.74, 6) is -0.324. The number of carbonyl (C=O) groups is 1. The van der Waals surface area contributed by atoms with Gasteiger partial charge in [0, 0.05) is 5.92 Å². The van der Waals surface area contributed by atoms with Gasteiger partial charge in [0.2, 0.25) is 0 Å². The van der Waals surface area contributed by atoms with Crippen molar-refractivity contribution in [2.75, 3.05) is 0 Å². The first-order chi connectivity index (χ1) is 12.2. The molecule has 1 aromatic rings. The maximum atomic E-state index is 12.7. The van der Waals surface area contributed by atoms with E-state index in [2.05, 4.69) is 13.8 Å². The third kappa shape index (κ3) is 3.27. The molecule has 26 heavy (non-hydrogen) atoms. The molecule has 4 atom stereocenters. The maximum Gasteiger partial charge on any atom is 0.338 e. The third-order valence-electron chi connectivity index (χ3n) is 6.60. The van der Waals surface area contributed by atoms with Crippen molar-refractivity contribution in [3.63, 3.8) is 0 Å². The molecule has 0 bridgehead atoms. The summed E-state index contributed by atoms with van der Waals surface area (Å²) < 4.78 is 5.94. The van der Waals surface area contributed by atoms with E-state index in [0.717, 1.165) is 25.7 Å². The molecule has 1 saturated carbocycles. The van der Waals surface area contributed by atoms with Crippen LogP contribution in [-0.2, 0) is 4.74 Å². The van der Waals surface area contributed by atoms with Gasteiger partial charge in [-0.3, -0.25) is 0 Å². The molecule has 0 amide bonds. The number of carbonyl (C=O) groups excluding carboxylic acids is 1. The van der Waals surface area contributed by atoms with Gasteiger partial charge >= 0.3 is 5.97 Å². The van der Waals surface area contributed by atoms with Crippen LogP contribution < -0.4 is 0 Å². The van der Waals surface area contributed by atoms with Crippen molar-refractivity contribution in [2.24, 2.45) is 17.3 Å². The van der Waals surface area contributed by atoms with Gasteiger partial charge in [-0.25, -0.2) is 4.79 Å². The van der Waals surface area contributed by atoms with Crippen molar-refractivity contribution in [2.45, 2.75) is 65.1 Å². The quantitative estimate of drug-likeness (QED) is 0.618. The molecular formula is C22H30O4. The Hall–Kier alpha value is -1.81. The van der Waals surface area contributed by atoms with Crippen LogP contribution in [0.2, 0.25) is 0 Å². The van der Waals surface area contributed by atoms with Crippen LogP contribution in [0.25, 0.3) is 0 Å². The summed E-state index contributed by atoms with van der Waals surface area (Å²) in [6.45, 7) is 8.39. The van der Waals surface area contributed by atoms with Gasteiger partial charge in [-0.2, -0.15) is 0 Å². The van der Waals surface area contributed by atoms with Crippen LogP contribution in [-0.4, -0.2) is 27.9 Å². The van der Waals surface area contributed by atoms with Gasteiger partial charge in [-0.05, 0) is 74.3 Å². The fourth-order valence-corrected chi connectivity index (χ4v) is 4.84. The summed E-state index contributed by atoms with van der Waals surface area (Å²) in [6.07, 6.45) is 5.25. The van der Waals surface area contributed by atoms with Crippen molar-refractivity contribution >= 4 is 5.97 Å². The molecule has 0 saturated heterocycles. The number of fused-ring (bicyclic) bond motifs is 1. The minimum Gasteiger partial charge on any atom is -0.508 e. The van der Waals surface area contributed by atoms with Crippen molar-refractivity contribution in [1.82, 2.24) is 0 Å². The Kier molecular flexibility index (Phi) is 4.91. The summed E-state index contributed by atoms with van der Waals surface area (Å²) in [4.78, 5) is 12.7. The smallest absolute Gasteiger partial charge is 0.338 e. The van der Waals surface area contributed by atoms with Crippen LogP contribution in [0.3, 0.4) is 0 Å². The molecule has 1 fully saturated rings. The van der Waals surface area contributed by atoms with E-state index >= 15 is 0 Å². The number of benzene rings is 1. The lowest BCUT2D eigenvalue weighted by Gasteiger charge is -2.43. The normalized spacial score (nSPS) is 34.2. The molecule has 0 heterocycles. The number of aliphatic hydroxyl groups is 1. The van der Waals surface area contributed by atoms with E-state index in [1.165, 1.54) is 17.7 Å². The van der Waals surface area contributed by atoms with Gasteiger partial charge in [0.15, 0.2) is 0 Å². The first-order valence-corrected chi connectivity index (χ1v) is 9.55. The number of aromatic hydroxyl groups is 1. The number of allylic oxidation sites excluding steroid dienone is 1. The van der Waals surface area contributed by atoms with Gasteiger partial charge in [0.05, 0.1) is 11.2 Å². The van der Waals surface area contributed by atoms with E-state index in [-0.39, 0.29) is 23.0 Å². The highest BCUT2D eigenvalue weighted by molar-refractivity contribution is 5.89. The Morgan fingerprint density at radius 1 is 1.19 bits per heavy atom. The number of phenolic OH excluding ortho intramolecular Hbond substituents is 1. The number of ether oxygens (including phenoxy) is 1. The number of hydrogen-bond acceptors (Lipinski definition) is 4. The predicted octanol–water partition coefficient (Wildman–Crippen LogP) is 4.46. The van der Waals surface area contributed by atoms with Gasteiger partial charge in [-0.1, -0.05) is 26.3 Å². The molecule has 4 nitrogen and oxygen atoms in total. The van der Waals surface area contributed by atoms with Crippen LogP contribution in [0.1, 0.15) is 63.7 Å². The van der Waals surface area contributed by atoms with Crippen molar-refractivity contribution in [3.8, 4) is 5.75 Å². The fourth-order valence-electron chi connectivity index (χ4n) is 4.84. The summed E-state index contributed by atoms with van der Waals surface area (Å²) in [6, 6.07) is 6.09. The molecule has 142 valence electrons. The molecule has 2 aliphatic rings. The minimum atomic E-state index is -0.838. The molecule has 2 N–H and O–H groups in total. The average Bonchev–Trinajstić information content (AvgIpc) is 2.78. The van der Waals surface area contributed by atoms with E-state index < -0.39 is 17.7 Å². The van der Waals surface area contributed by atoms with Crippen LogP contribution in [0.15, 0.2) is 35.9 Å². The van der Waals surface area contributed by atoms with E-state index in [9.17, 15) is 15.0 Å². The molecule has 2 aliphatic carbocycles. The largest absolute Gasteiger partial charge is 0.508 e. The van der Waals surface area contributed by atoms with Gasteiger partial charge in [-0.15, -0.1) is 0 Å². The van der Waals surface area contributed by atoms with E-state index in [1.807, 2.05) is 19.9 Å². The maximum absolute atomic E-state index is 12.7. The lowest BCUT2D eigenvalue weighted by atomic mass is 9.68. The molecule has 3 rings (SSSR count). The highest BCUT2D eigenvalue weighted by Gasteiger charge is 2.59. The standard InChI is InChI=1S/C22H30O4/c1-14(2)22(25)12-11-21(4)10-9-15(3)13-18(19(21)22)26-20(24)16-5-7-17(23)8-6-16/h5-8,13-14,18-19,23,25H,9-12H2,1-4H3. The fraction of sp³-hybridized carbons (Fsp3) is 0.591. The van der Waals surface area contributed by atoms with Crippen molar-refractivity contribution < 1.29 is 19.7 Å². The third-order valence-corrected chi connectivity index (χ3v) is 6.60. The van der Waals surface area contributed by atoms with E-state index in [0.29, 0.717) is 5.56 Å². The average molecular weight is 358 g/mol. The lowest BCUT2D eigenvalue weighted by molar-refractivity contribution is -0.102. The SMILES string of the molecule is CC1=CC(OC(=O)c2ccc(O)cc2)C2C(C)(CC1)CCC2(O)C(C)C. The van der Waals surface area contributed by atoms with Crippen LogP contribution >= 0.6 is 0 Å². The second-order valence-corrected chi connectivity index (χ2v) is 8.71. The van der Waals surface area contributed by atoms with Crippen LogP contribution in [0, 0.1) is 17.3 Å². The molecule has 0 aromatic heterocycles. The molecule has 0 radical (unpaired) electrons. The number of phenols is 1. The summed E-state index contributed by atoms with van der Waals surface area (Å²) in [7, 11) is 0. The van der Waals surface area contributed by atoms with Crippen LogP contribution in [0.5, 0.6) is 5.75 Å². The Balaban J connectivity index is 1.94. The number of esters is 1. The predicted molar refractivity (Wildman–Crippen MR) is 101 cm³/mol. The van der Waals surface area contributed by atoms with Gasteiger partial charge in [0.1, 0.15) is 11.9 Å². The van der Waals surface area contributed by atoms with Crippen molar-refractivity contribution in [1.29, 1.82) is 0 Å². The van der Waals surface area contributed by atoms with Crippen LogP contribution in [0.4, 0.5) is 0 Å². The Morgan fingerprint density at radius 2 is 1.85 bits per heavy atom. The Morgan fingerprint density at radius 3 is 2.46 bits per heavy atom. The Bertz CT molecular complexity index is 705. The zero-order valence-electron chi connectivity index (χ0n) is 16.2. The Labute approximate surface area is 155 Å². The highest BCUT2D eigenvalue weighted by atomic mass is 16.5. The summed E-state index contributed by atoms with van der Waals surface area (Å²) in [5, 5.41) is 20.9. The van der Waals surface area contributed by atoms with E-state index in [4.69, 9.17) is 4.74 Å². The lowest BCUT2D eigenvalue weighted by Crippen LogP contribution is -2.49.